The average Bonchev–Trinajstić information content (AvgIpc) is 3.21. The van der Waals surface area contributed by atoms with Gasteiger partial charge in [-0.2, -0.15) is 0 Å². The first-order valence-corrected chi connectivity index (χ1v) is 12.5. The molecule has 7 nitrogen and oxygen atoms in total. The first-order valence-electron chi connectivity index (χ1n) is 11.7. The van der Waals surface area contributed by atoms with Gasteiger partial charge in [0.15, 0.2) is 0 Å². The number of ether oxygens (including phenoxy) is 1. The number of halogens is 1. The third-order valence-electron chi connectivity index (χ3n) is 6.52. The van der Waals surface area contributed by atoms with Crippen LogP contribution in [0.3, 0.4) is 0 Å². The van der Waals surface area contributed by atoms with Crippen molar-refractivity contribution in [1.82, 2.24) is 10.2 Å². The van der Waals surface area contributed by atoms with Crippen LogP contribution in [0.4, 0.5) is 9.39 Å². The number of hydrogen-bond donors (Lipinski definition) is 2. The Morgan fingerprint density at radius 2 is 1.82 bits per heavy atom. The number of thiophene rings is 1. The minimum Gasteiger partial charge on any atom is -0.465 e. The molecule has 34 heavy (non-hydrogen) atoms. The molecule has 2 heterocycles. The van der Waals surface area contributed by atoms with E-state index in [0.717, 1.165) is 41.7 Å². The number of anilines is 1. The number of carbonyl (C=O) groups is 3. The summed E-state index contributed by atoms with van der Waals surface area (Å²) in [5, 5.41) is 6.44. The van der Waals surface area contributed by atoms with Crippen molar-refractivity contribution in [3.63, 3.8) is 0 Å². The number of esters is 1. The van der Waals surface area contributed by atoms with E-state index in [1.54, 1.807) is 12.1 Å². The van der Waals surface area contributed by atoms with Crippen LogP contribution in [0.25, 0.3) is 0 Å². The maximum atomic E-state index is 13.0. The maximum absolute atomic E-state index is 13.0. The van der Waals surface area contributed by atoms with E-state index in [1.807, 2.05) is 4.90 Å². The topological polar surface area (TPSA) is 87.7 Å². The monoisotopic (exact) mass is 487 g/mol. The first-order chi connectivity index (χ1) is 16.4. The molecule has 1 saturated heterocycles. The lowest BCUT2D eigenvalue weighted by atomic mass is 9.95. The number of amides is 2. The van der Waals surface area contributed by atoms with Crippen LogP contribution >= 0.6 is 11.3 Å². The molecule has 0 atom stereocenters. The third-order valence-corrected chi connectivity index (χ3v) is 7.73. The van der Waals surface area contributed by atoms with Gasteiger partial charge in [0.05, 0.1) is 19.2 Å². The van der Waals surface area contributed by atoms with Crippen molar-refractivity contribution in [2.75, 3.05) is 32.1 Å². The van der Waals surface area contributed by atoms with Gasteiger partial charge in [0, 0.05) is 17.3 Å². The SMILES string of the molecule is COC(=O)c1c(NC(=O)CN2CCC(C(=O)NCc3ccc(F)cc3)CC2)sc2c1CCCC2. The highest BCUT2D eigenvalue weighted by Gasteiger charge is 2.29. The second-order valence-electron chi connectivity index (χ2n) is 8.85. The lowest BCUT2D eigenvalue weighted by molar-refractivity contribution is -0.126. The van der Waals surface area contributed by atoms with Crippen LogP contribution < -0.4 is 10.6 Å². The molecule has 0 spiro atoms. The first kappa shape index (κ1) is 24.3. The van der Waals surface area contributed by atoms with Crippen molar-refractivity contribution in [3.05, 3.63) is 51.7 Å². The Morgan fingerprint density at radius 3 is 2.53 bits per heavy atom. The van der Waals surface area contributed by atoms with Crippen LogP contribution in [-0.2, 0) is 33.7 Å². The van der Waals surface area contributed by atoms with E-state index in [4.69, 9.17) is 4.74 Å². The molecule has 1 aromatic heterocycles. The summed E-state index contributed by atoms with van der Waals surface area (Å²) < 4.78 is 18.0. The van der Waals surface area contributed by atoms with Crippen molar-refractivity contribution in [3.8, 4) is 0 Å². The van der Waals surface area contributed by atoms with E-state index < -0.39 is 5.97 Å². The summed E-state index contributed by atoms with van der Waals surface area (Å²) in [7, 11) is 1.36. The van der Waals surface area contributed by atoms with Crippen LogP contribution in [-0.4, -0.2) is 49.4 Å². The molecule has 4 rings (SSSR count). The molecule has 2 aliphatic rings. The number of hydrogen-bond acceptors (Lipinski definition) is 6. The van der Waals surface area contributed by atoms with Crippen molar-refractivity contribution in [2.45, 2.75) is 45.1 Å². The fraction of sp³-hybridized carbons (Fsp3) is 0.480. The van der Waals surface area contributed by atoms with Crippen LogP contribution in [0, 0.1) is 11.7 Å². The number of fused-ring (bicyclic) bond motifs is 1. The van der Waals surface area contributed by atoms with E-state index in [1.165, 1.54) is 30.6 Å². The number of rotatable bonds is 7. The van der Waals surface area contributed by atoms with Gasteiger partial charge >= 0.3 is 5.97 Å². The molecule has 2 N–H and O–H groups in total. The summed E-state index contributed by atoms with van der Waals surface area (Å²) in [5.41, 5.74) is 2.38. The number of nitrogens with one attached hydrogen (secondary N) is 2. The standard InChI is InChI=1S/C25H30FN3O4S/c1-33-25(32)22-19-4-2-3-5-20(19)34-24(22)28-21(30)15-29-12-10-17(11-13-29)23(31)27-14-16-6-8-18(26)9-7-16/h6-9,17H,2-5,10-15H2,1H3,(H,27,31)(H,28,30). The number of aryl methyl sites for hydroxylation is 1. The van der Waals surface area contributed by atoms with E-state index in [0.29, 0.717) is 43.0 Å². The maximum Gasteiger partial charge on any atom is 0.341 e. The predicted molar refractivity (Wildman–Crippen MR) is 128 cm³/mol. The number of methoxy groups -OCH3 is 1. The van der Waals surface area contributed by atoms with Crippen molar-refractivity contribution >= 4 is 34.1 Å². The normalized spacial score (nSPS) is 16.5. The Morgan fingerprint density at radius 1 is 1.12 bits per heavy atom. The smallest absolute Gasteiger partial charge is 0.341 e. The number of benzene rings is 1. The number of piperidine rings is 1. The fourth-order valence-corrected chi connectivity index (χ4v) is 5.92. The molecule has 0 saturated carbocycles. The molecule has 0 radical (unpaired) electrons. The van der Waals surface area contributed by atoms with Crippen LogP contribution in [0.1, 0.15) is 52.0 Å². The molecule has 182 valence electrons. The molecular weight excluding hydrogens is 457 g/mol. The van der Waals surface area contributed by atoms with Gasteiger partial charge in [0.25, 0.3) is 0 Å². The Balaban J connectivity index is 1.26. The molecule has 2 amide bonds. The molecule has 9 heteroatoms. The summed E-state index contributed by atoms with van der Waals surface area (Å²) in [4.78, 5) is 40.8. The van der Waals surface area contributed by atoms with E-state index >= 15 is 0 Å². The zero-order valence-electron chi connectivity index (χ0n) is 19.3. The highest BCUT2D eigenvalue weighted by molar-refractivity contribution is 7.17. The fourth-order valence-electron chi connectivity index (χ4n) is 4.63. The van der Waals surface area contributed by atoms with Gasteiger partial charge in [0.1, 0.15) is 10.8 Å². The van der Waals surface area contributed by atoms with E-state index in [9.17, 15) is 18.8 Å². The molecule has 1 aromatic carbocycles. The molecule has 1 fully saturated rings. The largest absolute Gasteiger partial charge is 0.465 e. The Kier molecular flexibility index (Phi) is 7.95. The zero-order valence-corrected chi connectivity index (χ0v) is 20.1. The summed E-state index contributed by atoms with van der Waals surface area (Å²) in [5.74, 6) is -0.980. The molecule has 1 aliphatic heterocycles. The lowest BCUT2D eigenvalue weighted by Crippen LogP contribution is -2.43. The van der Waals surface area contributed by atoms with Gasteiger partial charge in [-0.3, -0.25) is 14.5 Å². The van der Waals surface area contributed by atoms with Crippen LogP contribution in [0.2, 0.25) is 0 Å². The van der Waals surface area contributed by atoms with Gasteiger partial charge < -0.3 is 15.4 Å². The van der Waals surface area contributed by atoms with E-state index in [2.05, 4.69) is 10.6 Å². The number of likely N-dealkylation sites (tertiary alicyclic amines) is 1. The van der Waals surface area contributed by atoms with Gasteiger partial charge in [-0.15, -0.1) is 11.3 Å². The summed E-state index contributed by atoms with van der Waals surface area (Å²) in [6.07, 6.45) is 5.23. The lowest BCUT2D eigenvalue weighted by Gasteiger charge is -2.30. The highest BCUT2D eigenvalue weighted by atomic mass is 32.1. The minimum atomic E-state index is -0.401. The van der Waals surface area contributed by atoms with Gasteiger partial charge in [0.2, 0.25) is 11.8 Å². The third kappa shape index (κ3) is 5.82. The summed E-state index contributed by atoms with van der Waals surface area (Å²) in [6, 6.07) is 6.08. The Hall–Kier alpha value is -2.78. The van der Waals surface area contributed by atoms with Gasteiger partial charge in [-0.25, -0.2) is 9.18 Å². The molecule has 0 bridgehead atoms. The van der Waals surface area contributed by atoms with Crippen molar-refractivity contribution in [1.29, 1.82) is 0 Å². The van der Waals surface area contributed by atoms with Gasteiger partial charge in [-0.05, 0) is 74.9 Å². The minimum absolute atomic E-state index is 0.0136. The van der Waals surface area contributed by atoms with Crippen LogP contribution in [0.15, 0.2) is 24.3 Å². The number of nitrogens with zero attached hydrogens (tertiary/aromatic N) is 1. The van der Waals surface area contributed by atoms with Crippen molar-refractivity contribution in [2.24, 2.45) is 5.92 Å². The second-order valence-corrected chi connectivity index (χ2v) is 9.95. The number of carbonyl (C=O) groups excluding carboxylic acids is 3. The summed E-state index contributed by atoms with van der Waals surface area (Å²) in [6.45, 7) is 1.88. The molecule has 1 aliphatic carbocycles. The van der Waals surface area contributed by atoms with Crippen molar-refractivity contribution < 1.29 is 23.5 Å². The van der Waals surface area contributed by atoms with Crippen LogP contribution in [0.5, 0.6) is 0 Å². The zero-order chi connectivity index (χ0) is 24.1. The van der Waals surface area contributed by atoms with E-state index in [-0.39, 0.29) is 30.1 Å². The Bertz CT molecular complexity index is 1050. The highest BCUT2D eigenvalue weighted by Crippen LogP contribution is 2.38. The second kappa shape index (κ2) is 11.1. The molecule has 2 aromatic rings. The Labute approximate surface area is 202 Å². The summed E-state index contributed by atoms with van der Waals surface area (Å²) >= 11 is 1.48. The molecule has 0 unspecified atom stereocenters. The average molecular weight is 488 g/mol. The quantitative estimate of drug-likeness (QED) is 0.584. The predicted octanol–water partition coefficient (Wildman–Crippen LogP) is 3.52. The molecular formula is C25H30FN3O4S. The van der Waals surface area contributed by atoms with Gasteiger partial charge in [-0.1, -0.05) is 12.1 Å².